The Bertz CT molecular complexity index is 1170. The Hall–Kier alpha value is -3.19. The highest BCUT2D eigenvalue weighted by Crippen LogP contribution is 2.26. The molecule has 2 aromatic heterocycles. The Morgan fingerprint density at radius 3 is 2.62 bits per heavy atom. The molecule has 1 fully saturated rings. The second-order valence-corrected chi connectivity index (χ2v) is 9.28. The summed E-state index contributed by atoms with van der Waals surface area (Å²) in [5, 5.41) is 6.28. The number of aryl methyl sites for hydroxylation is 1. The largest absolute Gasteiger partial charge is 0.423 e. The number of anilines is 1. The van der Waals surface area contributed by atoms with E-state index in [1.165, 1.54) is 5.56 Å². The van der Waals surface area contributed by atoms with E-state index in [4.69, 9.17) is 4.42 Å². The summed E-state index contributed by atoms with van der Waals surface area (Å²) >= 11 is 1.66. The Kier molecular flexibility index (Phi) is 5.90. The number of amides is 1. The Labute approximate surface area is 191 Å². The van der Waals surface area contributed by atoms with Crippen LogP contribution in [0.25, 0.3) is 22.4 Å². The molecule has 0 aliphatic carbocycles. The van der Waals surface area contributed by atoms with E-state index in [1.807, 2.05) is 31.2 Å². The van der Waals surface area contributed by atoms with Gasteiger partial charge in [-0.3, -0.25) is 4.79 Å². The number of oxazole rings is 1. The summed E-state index contributed by atoms with van der Waals surface area (Å²) in [5.41, 5.74) is 5.05. The number of nitrogens with one attached hydrogen (secondary N) is 1. The molecule has 0 spiro atoms. The van der Waals surface area contributed by atoms with Crippen molar-refractivity contribution in [2.75, 3.05) is 24.5 Å². The molecule has 2 aromatic carbocycles. The van der Waals surface area contributed by atoms with Gasteiger partial charge in [0.25, 0.3) is 6.01 Å². The highest BCUT2D eigenvalue weighted by atomic mass is 32.1. The summed E-state index contributed by atoms with van der Waals surface area (Å²) < 4.78 is 5.87. The summed E-state index contributed by atoms with van der Waals surface area (Å²) in [4.78, 5) is 23.9. The molecule has 4 aromatic rings. The van der Waals surface area contributed by atoms with Crippen molar-refractivity contribution in [1.29, 1.82) is 0 Å². The van der Waals surface area contributed by atoms with Crippen LogP contribution >= 0.6 is 11.3 Å². The average molecular weight is 447 g/mol. The van der Waals surface area contributed by atoms with Crippen molar-refractivity contribution in [3.05, 3.63) is 64.5 Å². The van der Waals surface area contributed by atoms with Gasteiger partial charge < -0.3 is 14.6 Å². The van der Waals surface area contributed by atoms with Gasteiger partial charge in [-0.2, -0.15) is 4.98 Å². The number of para-hydroxylation sites is 2. The number of piperidine rings is 1. The number of hydrogen-bond acceptors (Lipinski definition) is 6. The minimum absolute atomic E-state index is 0.0471. The predicted molar refractivity (Wildman–Crippen MR) is 128 cm³/mol. The molecule has 1 saturated heterocycles. The number of thiazole rings is 1. The number of benzene rings is 2. The van der Waals surface area contributed by atoms with Gasteiger partial charge in [-0.1, -0.05) is 36.4 Å². The number of carbonyl (C=O) groups is 1. The smallest absolute Gasteiger partial charge is 0.298 e. The first-order chi connectivity index (χ1) is 15.7. The summed E-state index contributed by atoms with van der Waals surface area (Å²) in [6.45, 7) is 4.23. The molecule has 0 bridgehead atoms. The number of fused-ring (bicyclic) bond motifs is 1. The normalized spacial score (nSPS) is 14.7. The monoisotopic (exact) mass is 446 g/mol. The van der Waals surface area contributed by atoms with E-state index in [1.54, 1.807) is 11.3 Å². The molecule has 0 atom stereocenters. The van der Waals surface area contributed by atoms with E-state index in [-0.39, 0.29) is 11.8 Å². The minimum Gasteiger partial charge on any atom is -0.423 e. The fraction of sp³-hybridized carbons (Fsp3) is 0.320. The van der Waals surface area contributed by atoms with Gasteiger partial charge >= 0.3 is 0 Å². The number of aromatic nitrogens is 2. The summed E-state index contributed by atoms with van der Waals surface area (Å²) in [6, 6.07) is 16.9. The fourth-order valence-corrected chi connectivity index (χ4v) is 4.76. The lowest BCUT2D eigenvalue weighted by Gasteiger charge is -2.30. The van der Waals surface area contributed by atoms with Gasteiger partial charge in [0.1, 0.15) is 5.52 Å². The van der Waals surface area contributed by atoms with Crippen LogP contribution in [0.4, 0.5) is 6.01 Å². The van der Waals surface area contributed by atoms with Crippen molar-refractivity contribution in [1.82, 2.24) is 15.3 Å². The van der Waals surface area contributed by atoms with Crippen molar-refractivity contribution >= 4 is 34.4 Å². The van der Waals surface area contributed by atoms with Crippen molar-refractivity contribution in [3.8, 4) is 11.3 Å². The van der Waals surface area contributed by atoms with Crippen molar-refractivity contribution in [3.63, 3.8) is 0 Å². The highest BCUT2D eigenvalue weighted by molar-refractivity contribution is 7.09. The summed E-state index contributed by atoms with van der Waals surface area (Å²) in [6.07, 6.45) is 2.45. The van der Waals surface area contributed by atoms with Gasteiger partial charge in [-0.25, -0.2) is 4.98 Å². The number of nitrogens with zero attached hydrogens (tertiary/aromatic N) is 3. The van der Waals surface area contributed by atoms with Gasteiger partial charge in [0.05, 0.1) is 10.7 Å². The van der Waals surface area contributed by atoms with Crippen LogP contribution in [0, 0.1) is 12.8 Å². The van der Waals surface area contributed by atoms with E-state index >= 15 is 0 Å². The van der Waals surface area contributed by atoms with Gasteiger partial charge in [0, 0.05) is 36.5 Å². The van der Waals surface area contributed by atoms with Crippen LogP contribution < -0.4 is 10.2 Å². The van der Waals surface area contributed by atoms with Crippen molar-refractivity contribution in [2.45, 2.75) is 26.2 Å². The molecule has 1 N–H and O–H groups in total. The fourth-order valence-electron chi connectivity index (χ4n) is 4.14. The standard InChI is InChI=1S/C25H26N4O2S/c1-17-27-22(16-32-17)19-8-6-18(7-9-19)10-13-26-24(30)20-11-14-29(15-12-20)25-28-21-4-2-3-5-23(21)31-25/h2-9,16,20H,10-15H2,1H3,(H,26,30). The van der Waals surface area contributed by atoms with Crippen LogP contribution in [-0.2, 0) is 11.2 Å². The first-order valence-corrected chi connectivity index (χ1v) is 11.9. The van der Waals surface area contributed by atoms with E-state index < -0.39 is 0 Å². The van der Waals surface area contributed by atoms with Gasteiger partial charge in [-0.05, 0) is 43.9 Å². The molecule has 1 aliphatic heterocycles. The maximum atomic E-state index is 12.6. The SMILES string of the molecule is Cc1nc(-c2ccc(CCNC(=O)C3CCN(c4nc5ccccc5o4)CC3)cc2)cs1. The van der Waals surface area contributed by atoms with E-state index in [9.17, 15) is 4.79 Å². The predicted octanol–water partition coefficient (Wildman–Crippen LogP) is 4.84. The molecule has 0 unspecified atom stereocenters. The maximum absolute atomic E-state index is 12.6. The molecule has 1 amide bonds. The first-order valence-electron chi connectivity index (χ1n) is 11.1. The lowest BCUT2D eigenvalue weighted by atomic mass is 9.96. The van der Waals surface area contributed by atoms with Crippen LogP contribution in [0.5, 0.6) is 0 Å². The molecule has 0 saturated carbocycles. The van der Waals surface area contributed by atoms with Crippen molar-refractivity contribution in [2.24, 2.45) is 5.92 Å². The third-order valence-corrected chi connectivity index (χ3v) is 6.77. The number of hydrogen-bond donors (Lipinski definition) is 1. The quantitative estimate of drug-likeness (QED) is 0.459. The van der Waals surface area contributed by atoms with Crippen LogP contribution in [0.1, 0.15) is 23.4 Å². The molecule has 6 nitrogen and oxygen atoms in total. The third kappa shape index (κ3) is 4.53. The molecular formula is C25H26N4O2S. The zero-order valence-corrected chi connectivity index (χ0v) is 18.9. The topological polar surface area (TPSA) is 71.3 Å². The van der Waals surface area contributed by atoms with Crippen LogP contribution in [0.15, 0.2) is 58.3 Å². The molecule has 5 rings (SSSR count). The Balaban J connectivity index is 1.08. The third-order valence-electron chi connectivity index (χ3n) is 6.00. The second kappa shape index (κ2) is 9.12. The molecule has 164 valence electrons. The van der Waals surface area contributed by atoms with E-state index in [0.717, 1.165) is 59.7 Å². The highest BCUT2D eigenvalue weighted by Gasteiger charge is 2.27. The van der Waals surface area contributed by atoms with Gasteiger partial charge in [0.2, 0.25) is 5.91 Å². The lowest BCUT2D eigenvalue weighted by Crippen LogP contribution is -2.41. The summed E-state index contributed by atoms with van der Waals surface area (Å²) in [7, 11) is 0. The number of carbonyl (C=O) groups excluding carboxylic acids is 1. The molecule has 32 heavy (non-hydrogen) atoms. The molecular weight excluding hydrogens is 420 g/mol. The van der Waals surface area contributed by atoms with Gasteiger partial charge in [-0.15, -0.1) is 11.3 Å². The van der Waals surface area contributed by atoms with E-state index in [0.29, 0.717) is 12.6 Å². The zero-order valence-electron chi connectivity index (χ0n) is 18.1. The lowest BCUT2D eigenvalue weighted by molar-refractivity contribution is -0.125. The Morgan fingerprint density at radius 1 is 1.12 bits per heavy atom. The van der Waals surface area contributed by atoms with E-state index in [2.05, 4.69) is 49.8 Å². The molecule has 0 radical (unpaired) electrons. The Morgan fingerprint density at radius 2 is 1.91 bits per heavy atom. The molecule has 7 heteroatoms. The maximum Gasteiger partial charge on any atom is 0.298 e. The number of rotatable bonds is 6. The molecule has 1 aliphatic rings. The van der Waals surface area contributed by atoms with Gasteiger partial charge in [0.15, 0.2) is 5.58 Å². The van der Waals surface area contributed by atoms with Crippen LogP contribution in [0.3, 0.4) is 0 Å². The zero-order chi connectivity index (χ0) is 21.9. The summed E-state index contributed by atoms with van der Waals surface area (Å²) in [5.74, 6) is 0.197. The van der Waals surface area contributed by atoms with Crippen LogP contribution in [-0.4, -0.2) is 35.5 Å². The minimum atomic E-state index is 0.0471. The average Bonchev–Trinajstić information content (AvgIpc) is 3.46. The van der Waals surface area contributed by atoms with Crippen molar-refractivity contribution < 1.29 is 9.21 Å². The second-order valence-electron chi connectivity index (χ2n) is 8.22. The van der Waals surface area contributed by atoms with Crippen LogP contribution in [0.2, 0.25) is 0 Å². The first kappa shape index (κ1) is 20.7. The molecule has 3 heterocycles.